The van der Waals surface area contributed by atoms with Gasteiger partial charge in [-0.3, -0.25) is 9.79 Å². The molecular weight excluding hydrogens is 426 g/mol. The maximum absolute atomic E-state index is 12.6. The Morgan fingerprint density at radius 1 is 1.38 bits per heavy atom. The Hall–Kier alpha value is -2.03. The zero-order valence-corrected chi connectivity index (χ0v) is 20.3. The molecule has 0 aliphatic carbocycles. The maximum Gasteiger partial charge on any atom is 0.327 e. The number of piperidine rings is 1. The summed E-state index contributed by atoms with van der Waals surface area (Å²) >= 11 is 1.55. The van der Waals surface area contributed by atoms with Crippen LogP contribution in [0.5, 0.6) is 0 Å². The van der Waals surface area contributed by atoms with Crippen molar-refractivity contribution in [1.29, 1.82) is 0 Å². The highest BCUT2D eigenvalue weighted by Gasteiger charge is 2.63. The molecule has 1 aromatic rings. The van der Waals surface area contributed by atoms with Crippen LogP contribution in [0.4, 0.5) is 0 Å². The van der Waals surface area contributed by atoms with Crippen LogP contribution in [-0.2, 0) is 22.6 Å². The number of aliphatic carboxylic acids is 1. The summed E-state index contributed by atoms with van der Waals surface area (Å²) in [7, 11) is 0. The lowest BCUT2D eigenvalue weighted by Crippen LogP contribution is -2.65. The number of carbonyl (C=O) groups is 2. The molecule has 4 heterocycles. The molecule has 0 bridgehead atoms. The molecule has 0 saturated carbocycles. The van der Waals surface area contributed by atoms with Crippen LogP contribution in [0, 0.1) is 12.8 Å². The van der Waals surface area contributed by atoms with Gasteiger partial charge < -0.3 is 19.5 Å². The highest BCUT2D eigenvalue weighted by Crippen LogP contribution is 2.51. The first-order valence-corrected chi connectivity index (χ1v) is 12.6. The third-order valence-electron chi connectivity index (χ3n) is 6.99. The number of carbonyl (C=O) groups excluding carboxylic acids is 1. The van der Waals surface area contributed by atoms with Crippen molar-refractivity contribution in [2.24, 2.45) is 10.9 Å². The molecule has 3 fully saturated rings. The molecule has 0 aromatic carbocycles. The lowest BCUT2D eigenvalue weighted by Gasteiger charge is -2.41. The van der Waals surface area contributed by atoms with Crippen LogP contribution in [0.25, 0.3) is 0 Å². The summed E-state index contributed by atoms with van der Waals surface area (Å²) in [6, 6.07) is -1.22. The van der Waals surface area contributed by atoms with E-state index in [9.17, 15) is 14.7 Å². The van der Waals surface area contributed by atoms with Crippen LogP contribution in [0.15, 0.2) is 11.2 Å². The van der Waals surface area contributed by atoms with Crippen molar-refractivity contribution < 1.29 is 14.7 Å². The van der Waals surface area contributed by atoms with Crippen molar-refractivity contribution in [3.63, 3.8) is 0 Å². The number of aromatic nitrogens is 2. The summed E-state index contributed by atoms with van der Waals surface area (Å²) in [5, 5.41) is 9.37. The van der Waals surface area contributed by atoms with E-state index in [1.807, 2.05) is 20.2 Å². The van der Waals surface area contributed by atoms with Gasteiger partial charge in [-0.2, -0.15) is 0 Å². The van der Waals surface area contributed by atoms with Gasteiger partial charge in [0, 0.05) is 37.0 Å². The number of nitrogens with zero attached hydrogens (tertiary/aromatic N) is 5. The Morgan fingerprint density at radius 3 is 2.75 bits per heavy atom. The molecule has 3 aliphatic rings. The Bertz CT molecular complexity index is 890. The summed E-state index contributed by atoms with van der Waals surface area (Å²) in [4.78, 5) is 37.1. The minimum absolute atomic E-state index is 0.159. The summed E-state index contributed by atoms with van der Waals surface area (Å²) in [5.74, 6) is 0.818. The first-order valence-electron chi connectivity index (χ1n) is 11.7. The van der Waals surface area contributed by atoms with Crippen LogP contribution in [0.2, 0.25) is 0 Å². The number of hydrogen-bond donors (Lipinski definition) is 1. The number of carboxylic acids is 1. The van der Waals surface area contributed by atoms with Gasteiger partial charge in [-0.05, 0) is 52.4 Å². The molecule has 9 heteroatoms. The Balaban J connectivity index is 1.22. The third-order valence-corrected chi connectivity index (χ3v) is 8.55. The highest BCUT2D eigenvalue weighted by molar-refractivity contribution is 8.01. The third kappa shape index (κ3) is 4.40. The van der Waals surface area contributed by atoms with Crippen molar-refractivity contribution in [2.75, 3.05) is 13.1 Å². The molecule has 3 atom stereocenters. The van der Waals surface area contributed by atoms with E-state index in [0.717, 1.165) is 50.5 Å². The van der Waals surface area contributed by atoms with Crippen LogP contribution < -0.4 is 0 Å². The Labute approximate surface area is 194 Å². The molecule has 8 nitrogen and oxygen atoms in total. The van der Waals surface area contributed by atoms with Crippen LogP contribution in [0.1, 0.15) is 58.0 Å². The number of hydrogen-bond acceptors (Lipinski definition) is 5. The molecule has 176 valence electrons. The summed E-state index contributed by atoms with van der Waals surface area (Å²) < 4.78 is 1.80. The van der Waals surface area contributed by atoms with Crippen molar-refractivity contribution in [1.82, 2.24) is 19.4 Å². The van der Waals surface area contributed by atoms with E-state index in [1.54, 1.807) is 11.8 Å². The lowest BCUT2D eigenvalue weighted by molar-refractivity contribution is -0.158. The number of imidazole rings is 1. The first kappa shape index (κ1) is 23.1. The second kappa shape index (κ2) is 9.08. The predicted octanol–water partition coefficient (Wildman–Crippen LogP) is 2.79. The van der Waals surface area contributed by atoms with Gasteiger partial charge in [0.2, 0.25) is 0 Å². The standard InChI is InChI=1S/C23H35N5O3S/c1-5-17-25-15(2)13-27(17)10-6-7-16-8-11-26(12-9-16)14-24-18-20(29)28-19(22(30)31)23(3,4)32-21(18)28/h13-14,16,18-19,21H,5-12H2,1-4H3,(H,30,31)/t18?,19-,21?/m0/s1. The second-order valence-electron chi connectivity index (χ2n) is 9.77. The molecule has 32 heavy (non-hydrogen) atoms. The van der Waals surface area contributed by atoms with Crippen molar-refractivity contribution in [2.45, 2.75) is 88.5 Å². The SMILES string of the molecule is CCc1nc(C)cn1CCCC1CCN(C=NC2C(=O)N3C2SC(C)(C)[C@@H]3C(=O)O)CC1. The van der Waals surface area contributed by atoms with Gasteiger partial charge in [0.05, 0.1) is 12.0 Å². The molecular formula is C23H35N5O3S. The molecule has 0 radical (unpaired) electrons. The van der Waals surface area contributed by atoms with Gasteiger partial charge in [-0.25, -0.2) is 9.78 Å². The summed E-state index contributed by atoms with van der Waals surface area (Å²) in [6.07, 6.45) is 9.65. The smallest absolute Gasteiger partial charge is 0.327 e. The van der Waals surface area contributed by atoms with Gasteiger partial charge in [-0.15, -0.1) is 11.8 Å². The Morgan fingerprint density at radius 2 is 2.09 bits per heavy atom. The zero-order chi connectivity index (χ0) is 23.0. The van der Waals surface area contributed by atoms with E-state index >= 15 is 0 Å². The average molecular weight is 462 g/mol. The van der Waals surface area contributed by atoms with E-state index in [2.05, 4.69) is 39.5 Å². The zero-order valence-electron chi connectivity index (χ0n) is 19.5. The molecule has 2 unspecified atom stereocenters. The number of aliphatic imine (C=N–C) groups is 1. The number of fused-ring (bicyclic) bond motifs is 1. The largest absolute Gasteiger partial charge is 0.480 e. The molecule has 3 saturated heterocycles. The summed E-state index contributed by atoms with van der Waals surface area (Å²) in [6.45, 7) is 11.0. The monoisotopic (exact) mass is 461 g/mol. The van der Waals surface area contributed by atoms with E-state index in [4.69, 9.17) is 0 Å². The van der Waals surface area contributed by atoms with Gasteiger partial charge in [0.25, 0.3) is 5.91 Å². The van der Waals surface area contributed by atoms with Gasteiger partial charge >= 0.3 is 5.97 Å². The van der Waals surface area contributed by atoms with Crippen LogP contribution >= 0.6 is 11.8 Å². The molecule has 1 amide bonds. The molecule has 1 aromatic heterocycles. The van der Waals surface area contributed by atoms with Gasteiger partial charge in [-0.1, -0.05) is 6.92 Å². The highest BCUT2D eigenvalue weighted by atomic mass is 32.2. The van der Waals surface area contributed by atoms with Crippen molar-refractivity contribution in [3.05, 3.63) is 17.7 Å². The fourth-order valence-electron chi connectivity index (χ4n) is 5.28. The quantitative estimate of drug-likeness (QED) is 0.364. The number of aryl methyl sites for hydroxylation is 3. The van der Waals surface area contributed by atoms with E-state index in [0.29, 0.717) is 0 Å². The number of amides is 1. The number of thioether (sulfide) groups is 1. The molecule has 0 spiro atoms. The molecule has 1 N–H and O–H groups in total. The first-order chi connectivity index (χ1) is 15.2. The lowest BCUT2D eigenvalue weighted by atomic mass is 9.92. The normalized spacial score (nSPS) is 27.8. The predicted molar refractivity (Wildman–Crippen MR) is 126 cm³/mol. The van der Waals surface area contributed by atoms with Crippen LogP contribution in [0.3, 0.4) is 0 Å². The van der Waals surface area contributed by atoms with Gasteiger partial charge in [0.1, 0.15) is 17.2 Å². The fourth-order valence-corrected chi connectivity index (χ4v) is 6.90. The van der Waals surface area contributed by atoms with Crippen molar-refractivity contribution >= 4 is 30.0 Å². The molecule has 4 rings (SSSR count). The topological polar surface area (TPSA) is 91.0 Å². The second-order valence-corrected chi connectivity index (χ2v) is 11.5. The average Bonchev–Trinajstić information content (AvgIpc) is 3.23. The molecule has 3 aliphatic heterocycles. The number of β-lactam (4-membered cyclic amide) rings is 1. The maximum atomic E-state index is 12.6. The van der Waals surface area contributed by atoms with E-state index < -0.39 is 22.8 Å². The van der Waals surface area contributed by atoms with Crippen molar-refractivity contribution in [3.8, 4) is 0 Å². The van der Waals surface area contributed by atoms with Crippen LogP contribution in [-0.4, -0.2) is 78.0 Å². The van der Waals surface area contributed by atoms with Gasteiger partial charge in [0.15, 0.2) is 6.04 Å². The minimum Gasteiger partial charge on any atom is -0.480 e. The number of rotatable bonds is 8. The van der Waals surface area contributed by atoms with E-state index in [-0.39, 0.29) is 11.3 Å². The fraction of sp³-hybridized carbons (Fsp3) is 0.739. The van der Waals surface area contributed by atoms with E-state index in [1.165, 1.54) is 23.6 Å². The minimum atomic E-state index is -0.933. The Kier molecular flexibility index (Phi) is 6.56. The number of likely N-dealkylation sites (tertiary alicyclic amines) is 1. The summed E-state index contributed by atoms with van der Waals surface area (Å²) in [5.41, 5.74) is 1.10. The number of carboxylic acid groups (broad SMARTS) is 1.